The zero-order valence-corrected chi connectivity index (χ0v) is 10.00. The largest absolute Gasteiger partial charge is 0.471 e. The Morgan fingerprint density at radius 1 is 1.31 bits per heavy atom. The minimum Gasteiger partial charge on any atom is -0.347 e. The van der Waals surface area contributed by atoms with Crippen LogP contribution < -0.4 is 5.32 Å². The molecule has 16 heavy (non-hydrogen) atoms. The van der Waals surface area contributed by atoms with Crippen LogP contribution in [0.1, 0.15) is 20.3 Å². The van der Waals surface area contributed by atoms with E-state index in [0.29, 0.717) is 0 Å². The molecule has 0 aromatic heterocycles. The van der Waals surface area contributed by atoms with Crippen molar-refractivity contribution in [1.29, 1.82) is 0 Å². The van der Waals surface area contributed by atoms with Crippen molar-refractivity contribution in [2.45, 2.75) is 31.2 Å². The molecular formula is C8H14F3NO3S. The van der Waals surface area contributed by atoms with Crippen molar-refractivity contribution in [3.05, 3.63) is 0 Å². The molecule has 0 fully saturated rings. The molecule has 4 nitrogen and oxygen atoms in total. The molecule has 1 atom stereocenters. The van der Waals surface area contributed by atoms with Gasteiger partial charge in [0.2, 0.25) is 0 Å². The molecule has 0 rings (SSSR count). The quantitative estimate of drug-likeness (QED) is 0.817. The third-order valence-electron chi connectivity index (χ3n) is 2.52. The molecule has 0 saturated heterocycles. The van der Waals surface area contributed by atoms with Crippen molar-refractivity contribution in [3.63, 3.8) is 0 Å². The van der Waals surface area contributed by atoms with Crippen LogP contribution in [0.15, 0.2) is 0 Å². The van der Waals surface area contributed by atoms with Gasteiger partial charge in [-0.2, -0.15) is 13.2 Å². The Kier molecular flexibility index (Phi) is 4.38. The standard InChI is InChI=1S/C8H14F3NO3S/c1-4-7(2,16(3,14)15)5-12-6(13)8(9,10)11/h4-5H2,1-3H3,(H,12,13). The van der Waals surface area contributed by atoms with E-state index in [4.69, 9.17) is 0 Å². The average Bonchev–Trinajstić information content (AvgIpc) is 2.10. The Balaban J connectivity index is 4.68. The fourth-order valence-corrected chi connectivity index (χ4v) is 1.74. The van der Waals surface area contributed by atoms with Crippen molar-refractivity contribution in [2.24, 2.45) is 0 Å². The molecule has 8 heteroatoms. The lowest BCUT2D eigenvalue weighted by molar-refractivity contribution is -0.173. The van der Waals surface area contributed by atoms with Gasteiger partial charge in [-0.25, -0.2) is 8.42 Å². The van der Waals surface area contributed by atoms with Crippen molar-refractivity contribution < 1.29 is 26.4 Å². The van der Waals surface area contributed by atoms with E-state index in [-0.39, 0.29) is 6.42 Å². The van der Waals surface area contributed by atoms with Gasteiger partial charge >= 0.3 is 12.1 Å². The molecule has 0 bridgehead atoms. The van der Waals surface area contributed by atoms with Crippen molar-refractivity contribution >= 4 is 15.7 Å². The van der Waals surface area contributed by atoms with E-state index < -0.39 is 33.2 Å². The summed E-state index contributed by atoms with van der Waals surface area (Å²) < 4.78 is 56.8. The van der Waals surface area contributed by atoms with Crippen LogP contribution in [0.25, 0.3) is 0 Å². The fourth-order valence-electron chi connectivity index (χ4n) is 0.886. The fraction of sp³-hybridized carbons (Fsp3) is 0.875. The van der Waals surface area contributed by atoms with E-state index in [1.54, 1.807) is 5.32 Å². The first-order valence-electron chi connectivity index (χ1n) is 4.48. The van der Waals surface area contributed by atoms with Gasteiger partial charge in [-0.3, -0.25) is 4.79 Å². The monoisotopic (exact) mass is 261 g/mol. The highest BCUT2D eigenvalue weighted by Gasteiger charge is 2.41. The van der Waals surface area contributed by atoms with Crippen LogP contribution >= 0.6 is 0 Å². The number of hydrogen-bond acceptors (Lipinski definition) is 3. The summed E-state index contributed by atoms with van der Waals surface area (Å²) in [5.41, 5.74) is 0. The molecule has 0 saturated carbocycles. The number of carbonyl (C=O) groups excluding carboxylic acids is 1. The zero-order valence-electron chi connectivity index (χ0n) is 9.18. The highest BCUT2D eigenvalue weighted by Crippen LogP contribution is 2.20. The minimum absolute atomic E-state index is 0.115. The lowest BCUT2D eigenvalue weighted by Crippen LogP contribution is -2.48. The lowest BCUT2D eigenvalue weighted by atomic mass is 10.1. The van der Waals surface area contributed by atoms with Crippen LogP contribution in [-0.4, -0.2) is 38.0 Å². The van der Waals surface area contributed by atoms with Crippen LogP contribution in [0.3, 0.4) is 0 Å². The molecule has 0 heterocycles. The first-order valence-corrected chi connectivity index (χ1v) is 6.38. The van der Waals surface area contributed by atoms with Gasteiger partial charge in [0.25, 0.3) is 0 Å². The zero-order chi connectivity index (χ0) is 13.2. The smallest absolute Gasteiger partial charge is 0.347 e. The molecule has 1 unspecified atom stereocenters. The summed E-state index contributed by atoms with van der Waals surface area (Å²) in [6, 6.07) is 0. The van der Waals surface area contributed by atoms with Gasteiger partial charge in [-0.1, -0.05) is 6.92 Å². The van der Waals surface area contributed by atoms with Crippen LogP contribution in [0.4, 0.5) is 13.2 Å². The number of amides is 1. The molecule has 0 aliphatic heterocycles. The number of hydrogen-bond donors (Lipinski definition) is 1. The van der Waals surface area contributed by atoms with E-state index in [0.717, 1.165) is 6.26 Å². The van der Waals surface area contributed by atoms with E-state index in [1.165, 1.54) is 13.8 Å². The van der Waals surface area contributed by atoms with Crippen LogP contribution in [0.5, 0.6) is 0 Å². The van der Waals surface area contributed by atoms with Gasteiger partial charge in [0.1, 0.15) is 0 Å². The highest BCUT2D eigenvalue weighted by molar-refractivity contribution is 7.92. The Labute approximate surface area is 92.1 Å². The SMILES string of the molecule is CCC(C)(CNC(=O)C(F)(F)F)S(C)(=O)=O. The van der Waals surface area contributed by atoms with Crippen molar-refractivity contribution in [2.75, 3.05) is 12.8 Å². The van der Waals surface area contributed by atoms with Gasteiger partial charge in [0, 0.05) is 12.8 Å². The van der Waals surface area contributed by atoms with E-state index in [1.807, 2.05) is 0 Å². The molecule has 0 aliphatic carbocycles. The number of carbonyl (C=O) groups is 1. The second-order valence-electron chi connectivity index (χ2n) is 3.76. The predicted octanol–water partition coefficient (Wildman–Crippen LogP) is 0.878. The molecule has 0 aromatic carbocycles. The van der Waals surface area contributed by atoms with Crippen molar-refractivity contribution in [3.8, 4) is 0 Å². The summed E-state index contributed by atoms with van der Waals surface area (Å²) in [5, 5.41) is 1.58. The van der Waals surface area contributed by atoms with Gasteiger partial charge in [0.05, 0.1) is 4.75 Å². The van der Waals surface area contributed by atoms with E-state index >= 15 is 0 Å². The Hall–Kier alpha value is -0.790. The summed E-state index contributed by atoms with van der Waals surface area (Å²) in [6.07, 6.45) is -3.95. The molecule has 1 amide bonds. The summed E-state index contributed by atoms with van der Waals surface area (Å²) in [6.45, 7) is 2.26. The van der Waals surface area contributed by atoms with Crippen LogP contribution in [0, 0.1) is 0 Å². The first-order chi connectivity index (χ1) is 6.94. The molecule has 96 valence electrons. The van der Waals surface area contributed by atoms with Gasteiger partial charge < -0.3 is 5.32 Å². The summed E-state index contributed by atoms with van der Waals surface area (Å²) in [4.78, 5) is 10.5. The molecule has 1 N–H and O–H groups in total. The highest BCUT2D eigenvalue weighted by atomic mass is 32.2. The van der Waals surface area contributed by atoms with Crippen molar-refractivity contribution in [1.82, 2.24) is 5.32 Å². The third-order valence-corrected chi connectivity index (χ3v) is 4.75. The van der Waals surface area contributed by atoms with Gasteiger partial charge in [0.15, 0.2) is 9.84 Å². The summed E-state index contributed by atoms with van der Waals surface area (Å²) >= 11 is 0. The molecular weight excluding hydrogens is 247 g/mol. The second kappa shape index (κ2) is 4.60. The van der Waals surface area contributed by atoms with E-state index in [2.05, 4.69) is 0 Å². The number of alkyl halides is 3. The number of halogens is 3. The maximum absolute atomic E-state index is 11.9. The molecule has 0 radical (unpaired) electrons. The first kappa shape index (κ1) is 15.2. The summed E-state index contributed by atoms with van der Waals surface area (Å²) in [5.74, 6) is -2.13. The molecule has 0 spiro atoms. The maximum atomic E-state index is 11.9. The normalized spacial score (nSPS) is 16.6. The Morgan fingerprint density at radius 2 is 1.75 bits per heavy atom. The number of rotatable bonds is 4. The summed E-state index contributed by atoms with van der Waals surface area (Å²) in [7, 11) is -3.54. The third kappa shape index (κ3) is 3.66. The second-order valence-corrected chi connectivity index (χ2v) is 6.29. The number of sulfone groups is 1. The number of nitrogens with one attached hydrogen (secondary N) is 1. The molecule has 0 aliphatic rings. The van der Waals surface area contributed by atoms with Crippen LogP contribution in [-0.2, 0) is 14.6 Å². The maximum Gasteiger partial charge on any atom is 0.471 e. The van der Waals surface area contributed by atoms with Gasteiger partial charge in [-0.15, -0.1) is 0 Å². The Morgan fingerprint density at radius 3 is 2.00 bits per heavy atom. The topological polar surface area (TPSA) is 63.2 Å². The van der Waals surface area contributed by atoms with Gasteiger partial charge in [-0.05, 0) is 13.3 Å². The Bertz CT molecular complexity index is 363. The molecule has 0 aromatic rings. The average molecular weight is 261 g/mol. The predicted molar refractivity (Wildman–Crippen MR) is 52.6 cm³/mol. The van der Waals surface area contributed by atoms with E-state index in [9.17, 15) is 26.4 Å². The lowest BCUT2D eigenvalue weighted by Gasteiger charge is -2.26. The minimum atomic E-state index is -4.99. The van der Waals surface area contributed by atoms with Crippen LogP contribution in [0.2, 0.25) is 0 Å².